The van der Waals surface area contributed by atoms with Crippen LogP contribution in [0.1, 0.15) is 17.3 Å². The molecule has 1 aromatic carbocycles. The third kappa shape index (κ3) is 3.26. The lowest BCUT2D eigenvalue weighted by Crippen LogP contribution is -2.26. The largest absolute Gasteiger partial charge is 0.445 e. The average Bonchev–Trinajstić information content (AvgIpc) is 2.18. The van der Waals surface area contributed by atoms with Crippen molar-refractivity contribution in [3.8, 4) is 0 Å². The molecule has 0 radical (unpaired) electrons. The first-order chi connectivity index (χ1) is 6.70. The molecule has 0 fully saturated rings. The van der Waals surface area contributed by atoms with Crippen LogP contribution < -0.4 is 5.32 Å². The van der Waals surface area contributed by atoms with Crippen molar-refractivity contribution in [3.63, 3.8) is 0 Å². The van der Waals surface area contributed by atoms with Crippen LogP contribution in [-0.2, 0) is 9.53 Å². The molecule has 0 aliphatic heterocycles. The molecule has 4 nitrogen and oxygen atoms in total. The number of hydrogen-bond acceptors (Lipinski definition) is 3. The van der Waals surface area contributed by atoms with Crippen LogP contribution in [0.3, 0.4) is 0 Å². The van der Waals surface area contributed by atoms with Gasteiger partial charge in [0.2, 0.25) is 0 Å². The number of esters is 1. The van der Waals surface area contributed by atoms with Crippen molar-refractivity contribution < 1.29 is 14.3 Å². The Kier molecular flexibility index (Phi) is 3.67. The lowest BCUT2D eigenvalue weighted by molar-refractivity contribution is -0.141. The van der Waals surface area contributed by atoms with Crippen LogP contribution in [-0.4, -0.2) is 18.6 Å². The molecular weight excluding hydrogens is 182 g/mol. The Morgan fingerprint density at radius 1 is 1.29 bits per heavy atom. The van der Waals surface area contributed by atoms with Crippen molar-refractivity contribution in [1.82, 2.24) is 5.32 Å². The predicted molar refractivity (Wildman–Crippen MR) is 50.5 cm³/mol. The normalized spacial score (nSPS) is 9.21. The summed E-state index contributed by atoms with van der Waals surface area (Å²) in [5.74, 6) is -0.676. The fraction of sp³-hybridized carbons (Fsp3) is 0.200. The summed E-state index contributed by atoms with van der Waals surface area (Å²) >= 11 is 0. The van der Waals surface area contributed by atoms with E-state index in [1.54, 1.807) is 24.3 Å². The highest BCUT2D eigenvalue weighted by Gasteiger charge is 2.03. The standard InChI is InChI=1S/C10H11NO3/c1-8(12)14-7-11-10(13)9-5-3-2-4-6-9/h2-6H,7H2,1H3,(H,11,13). The van der Waals surface area contributed by atoms with E-state index in [9.17, 15) is 9.59 Å². The number of benzene rings is 1. The van der Waals surface area contributed by atoms with Gasteiger partial charge in [-0.25, -0.2) is 0 Å². The molecule has 0 bridgehead atoms. The van der Waals surface area contributed by atoms with Gasteiger partial charge in [-0.1, -0.05) is 18.2 Å². The molecule has 0 aromatic heterocycles. The fourth-order valence-corrected chi connectivity index (χ4v) is 0.895. The first-order valence-corrected chi connectivity index (χ1v) is 4.17. The number of carbonyl (C=O) groups is 2. The zero-order valence-corrected chi connectivity index (χ0v) is 7.82. The van der Waals surface area contributed by atoms with E-state index in [1.165, 1.54) is 6.92 Å². The lowest BCUT2D eigenvalue weighted by Gasteiger charge is -2.04. The molecule has 0 atom stereocenters. The molecule has 0 aliphatic carbocycles. The highest BCUT2D eigenvalue weighted by atomic mass is 16.5. The van der Waals surface area contributed by atoms with Gasteiger partial charge in [-0.2, -0.15) is 0 Å². The van der Waals surface area contributed by atoms with Gasteiger partial charge in [0.25, 0.3) is 5.91 Å². The van der Waals surface area contributed by atoms with E-state index in [-0.39, 0.29) is 12.6 Å². The van der Waals surface area contributed by atoms with Crippen molar-refractivity contribution in [2.24, 2.45) is 0 Å². The Hall–Kier alpha value is -1.84. The SMILES string of the molecule is CC(=O)OCNC(=O)c1ccccc1. The van der Waals surface area contributed by atoms with E-state index in [4.69, 9.17) is 0 Å². The molecule has 0 unspecified atom stereocenters. The summed E-state index contributed by atoms with van der Waals surface area (Å²) in [4.78, 5) is 21.7. The van der Waals surface area contributed by atoms with Crippen LogP contribution in [0, 0.1) is 0 Å². The fourth-order valence-electron chi connectivity index (χ4n) is 0.895. The Morgan fingerprint density at radius 3 is 2.50 bits per heavy atom. The summed E-state index contributed by atoms with van der Waals surface area (Å²) in [5.41, 5.74) is 0.541. The van der Waals surface area contributed by atoms with Gasteiger partial charge >= 0.3 is 5.97 Å². The van der Waals surface area contributed by atoms with Crippen molar-refractivity contribution in [3.05, 3.63) is 35.9 Å². The molecule has 1 rings (SSSR count). The molecule has 0 heterocycles. The van der Waals surface area contributed by atoms with Gasteiger partial charge in [0.05, 0.1) is 0 Å². The molecule has 0 aliphatic rings. The second-order valence-electron chi connectivity index (χ2n) is 2.65. The van der Waals surface area contributed by atoms with E-state index in [1.807, 2.05) is 6.07 Å². The molecule has 1 aromatic rings. The molecule has 0 saturated carbocycles. The average molecular weight is 193 g/mol. The third-order valence-corrected chi connectivity index (χ3v) is 1.54. The summed E-state index contributed by atoms with van der Waals surface area (Å²) in [6.45, 7) is 1.19. The molecule has 1 amide bonds. The number of carbonyl (C=O) groups excluding carboxylic acids is 2. The van der Waals surface area contributed by atoms with E-state index in [0.717, 1.165) is 0 Å². The Bertz CT molecular complexity index is 321. The molecule has 0 spiro atoms. The van der Waals surface area contributed by atoms with E-state index < -0.39 is 5.97 Å². The van der Waals surface area contributed by atoms with Crippen LogP contribution in [0.5, 0.6) is 0 Å². The summed E-state index contributed by atoms with van der Waals surface area (Å²) in [5, 5.41) is 2.45. The topological polar surface area (TPSA) is 55.4 Å². The second-order valence-corrected chi connectivity index (χ2v) is 2.65. The summed E-state index contributed by atoms with van der Waals surface area (Å²) in [6, 6.07) is 8.72. The minimum Gasteiger partial charge on any atom is -0.445 e. The predicted octanol–water partition coefficient (Wildman–Crippen LogP) is 0.937. The number of ether oxygens (including phenoxy) is 1. The van der Waals surface area contributed by atoms with Gasteiger partial charge in [-0.15, -0.1) is 0 Å². The number of amides is 1. The molecule has 0 saturated heterocycles. The van der Waals surface area contributed by atoms with Crippen LogP contribution >= 0.6 is 0 Å². The lowest BCUT2D eigenvalue weighted by atomic mass is 10.2. The molecule has 1 N–H and O–H groups in total. The molecule has 4 heteroatoms. The van der Waals surface area contributed by atoms with Crippen molar-refractivity contribution in [1.29, 1.82) is 0 Å². The van der Waals surface area contributed by atoms with Crippen LogP contribution in [0.2, 0.25) is 0 Å². The highest BCUT2D eigenvalue weighted by Crippen LogP contribution is 1.97. The number of nitrogens with one attached hydrogen (secondary N) is 1. The van der Waals surface area contributed by atoms with E-state index in [2.05, 4.69) is 10.1 Å². The third-order valence-electron chi connectivity index (χ3n) is 1.54. The monoisotopic (exact) mass is 193 g/mol. The van der Waals surface area contributed by atoms with Gasteiger partial charge in [-0.3, -0.25) is 9.59 Å². The van der Waals surface area contributed by atoms with Crippen LogP contribution in [0.4, 0.5) is 0 Å². The maximum atomic E-state index is 11.3. The maximum absolute atomic E-state index is 11.3. The minimum atomic E-state index is -0.418. The molecular formula is C10H11NO3. The minimum absolute atomic E-state index is 0.0942. The van der Waals surface area contributed by atoms with Gasteiger partial charge in [-0.05, 0) is 12.1 Å². The first kappa shape index (κ1) is 10.2. The zero-order chi connectivity index (χ0) is 10.4. The van der Waals surface area contributed by atoms with Crippen LogP contribution in [0.25, 0.3) is 0 Å². The van der Waals surface area contributed by atoms with Crippen LogP contribution in [0.15, 0.2) is 30.3 Å². The highest BCUT2D eigenvalue weighted by molar-refractivity contribution is 5.94. The number of hydrogen-bond donors (Lipinski definition) is 1. The Balaban J connectivity index is 2.40. The van der Waals surface area contributed by atoms with Gasteiger partial charge in [0.15, 0.2) is 6.73 Å². The van der Waals surface area contributed by atoms with Gasteiger partial charge < -0.3 is 10.1 Å². The first-order valence-electron chi connectivity index (χ1n) is 4.17. The Morgan fingerprint density at radius 2 is 1.93 bits per heavy atom. The van der Waals surface area contributed by atoms with Gasteiger partial charge in [0.1, 0.15) is 0 Å². The van der Waals surface area contributed by atoms with Crippen molar-refractivity contribution in [2.45, 2.75) is 6.92 Å². The Labute approximate surface area is 81.9 Å². The zero-order valence-electron chi connectivity index (χ0n) is 7.82. The van der Waals surface area contributed by atoms with Gasteiger partial charge in [0, 0.05) is 12.5 Å². The maximum Gasteiger partial charge on any atom is 0.304 e. The molecule has 14 heavy (non-hydrogen) atoms. The summed E-state index contributed by atoms with van der Waals surface area (Å²) in [6.07, 6.45) is 0. The molecule has 74 valence electrons. The summed E-state index contributed by atoms with van der Waals surface area (Å²) < 4.78 is 4.56. The van der Waals surface area contributed by atoms with E-state index in [0.29, 0.717) is 5.56 Å². The smallest absolute Gasteiger partial charge is 0.304 e. The second kappa shape index (κ2) is 5.01. The van der Waals surface area contributed by atoms with Crippen molar-refractivity contribution >= 4 is 11.9 Å². The quantitative estimate of drug-likeness (QED) is 0.574. The van der Waals surface area contributed by atoms with Crippen molar-refractivity contribution in [2.75, 3.05) is 6.73 Å². The van der Waals surface area contributed by atoms with E-state index >= 15 is 0 Å². The number of rotatable bonds is 3. The summed E-state index contributed by atoms with van der Waals surface area (Å²) in [7, 11) is 0.